The zero-order valence-electron chi connectivity index (χ0n) is 19.9. The first-order valence-electron chi connectivity index (χ1n) is 12.3. The molecule has 1 fully saturated rings. The number of rotatable bonds is 9. The van der Waals surface area contributed by atoms with E-state index in [0.29, 0.717) is 5.56 Å². The molecule has 2 aromatic rings. The maximum Gasteiger partial charge on any atom is 0.251 e. The topological polar surface area (TPSA) is 86.6 Å². The average Bonchev–Trinajstić information content (AvgIpc) is 2.87. The van der Waals surface area contributed by atoms with E-state index in [1.165, 1.54) is 57.4 Å². The van der Waals surface area contributed by atoms with Crippen molar-refractivity contribution < 1.29 is 19.8 Å². The Morgan fingerprint density at radius 2 is 1.56 bits per heavy atom. The minimum atomic E-state index is -1.15. The van der Waals surface area contributed by atoms with Crippen LogP contribution in [0.25, 0.3) is 0 Å². The number of hydrogen-bond acceptors (Lipinski definition) is 4. The predicted octanol–water partition coefficient (Wildman–Crippen LogP) is 4.03. The zero-order valence-corrected chi connectivity index (χ0v) is 19.9. The molecule has 0 aliphatic heterocycles. The monoisotopic (exact) mass is 461 g/mol. The number of benzene rings is 2. The molecule has 0 bridgehead atoms. The molecule has 5 heteroatoms. The van der Waals surface area contributed by atoms with Crippen molar-refractivity contribution in [1.82, 2.24) is 5.32 Å². The Morgan fingerprint density at radius 1 is 0.971 bits per heavy atom. The molecular weight excluding hydrogens is 426 g/mol. The number of Topliss-reactive ketones (excluding diaryl/α,β-unsaturated/α-hetero) is 1. The second-order valence-electron chi connectivity index (χ2n) is 9.24. The van der Waals surface area contributed by atoms with Crippen molar-refractivity contribution in [2.45, 2.75) is 70.4 Å². The molecule has 0 radical (unpaired) electrons. The van der Waals surface area contributed by atoms with Crippen LogP contribution in [0.1, 0.15) is 78.9 Å². The van der Waals surface area contributed by atoms with Crippen molar-refractivity contribution in [3.8, 4) is 11.8 Å². The third-order valence-electron chi connectivity index (χ3n) is 6.53. The van der Waals surface area contributed by atoms with E-state index in [9.17, 15) is 14.7 Å². The molecule has 1 amide bonds. The minimum Gasteiger partial charge on any atom is -0.391 e. The van der Waals surface area contributed by atoms with Gasteiger partial charge in [-0.25, -0.2) is 0 Å². The molecule has 180 valence electrons. The summed E-state index contributed by atoms with van der Waals surface area (Å²) in [6.07, 6.45) is 9.65. The average molecular weight is 462 g/mol. The van der Waals surface area contributed by atoms with Crippen LogP contribution in [-0.2, 0) is 11.2 Å². The number of aliphatic hydroxyl groups is 2. The van der Waals surface area contributed by atoms with Gasteiger partial charge in [0.2, 0.25) is 0 Å². The number of ketones is 1. The SMILES string of the molecule is C[C@@H](O)[C@H](NC(=O)c1ccc(C#Cc2ccc(CCCC3CCCCC3)cc2)cc1)C(=O)CO. The van der Waals surface area contributed by atoms with Crippen LogP contribution in [0.3, 0.4) is 0 Å². The molecule has 5 nitrogen and oxygen atoms in total. The Kier molecular flexibility index (Phi) is 9.88. The Bertz CT molecular complexity index is 993. The first-order valence-corrected chi connectivity index (χ1v) is 12.3. The number of hydrogen-bond donors (Lipinski definition) is 3. The third-order valence-corrected chi connectivity index (χ3v) is 6.53. The molecule has 34 heavy (non-hydrogen) atoms. The highest BCUT2D eigenvalue weighted by molar-refractivity contribution is 5.98. The van der Waals surface area contributed by atoms with E-state index < -0.39 is 30.4 Å². The van der Waals surface area contributed by atoms with E-state index in [4.69, 9.17) is 5.11 Å². The lowest BCUT2D eigenvalue weighted by Gasteiger charge is -2.21. The van der Waals surface area contributed by atoms with Crippen molar-refractivity contribution >= 4 is 11.7 Å². The molecule has 2 aromatic carbocycles. The quantitative estimate of drug-likeness (QED) is 0.492. The van der Waals surface area contributed by atoms with Crippen LogP contribution in [0.2, 0.25) is 0 Å². The number of carbonyl (C=O) groups is 2. The number of aliphatic hydroxyl groups excluding tert-OH is 2. The third kappa shape index (κ3) is 7.83. The van der Waals surface area contributed by atoms with Crippen LogP contribution in [0.5, 0.6) is 0 Å². The molecule has 1 aliphatic carbocycles. The van der Waals surface area contributed by atoms with E-state index in [0.717, 1.165) is 23.5 Å². The molecule has 1 aliphatic rings. The fourth-order valence-electron chi connectivity index (χ4n) is 4.47. The summed E-state index contributed by atoms with van der Waals surface area (Å²) in [5.41, 5.74) is 3.41. The molecule has 0 unspecified atom stereocenters. The van der Waals surface area contributed by atoms with Gasteiger partial charge in [-0.05, 0) is 67.6 Å². The zero-order chi connectivity index (χ0) is 24.3. The van der Waals surface area contributed by atoms with Gasteiger partial charge in [0.15, 0.2) is 5.78 Å². The molecule has 1 saturated carbocycles. The summed E-state index contributed by atoms with van der Waals surface area (Å²) in [6, 6.07) is 14.0. The Morgan fingerprint density at radius 3 is 2.12 bits per heavy atom. The molecule has 0 spiro atoms. The van der Waals surface area contributed by atoms with E-state index in [2.05, 4.69) is 41.4 Å². The fraction of sp³-hybridized carbons (Fsp3) is 0.448. The highest BCUT2D eigenvalue weighted by Gasteiger charge is 2.25. The lowest BCUT2D eigenvalue weighted by Crippen LogP contribution is -2.48. The van der Waals surface area contributed by atoms with Crippen molar-refractivity contribution in [3.05, 3.63) is 70.8 Å². The van der Waals surface area contributed by atoms with Crippen LogP contribution >= 0.6 is 0 Å². The predicted molar refractivity (Wildman–Crippen MR) is 133 cm³/mol. The number of nitrogens with one attached hydrogen (secondary N) is 1. The van der Waals surface area contributed by atoms with E-state index in [1.807, 2.05) is 0 Å². The molecule has 2 atom stereocenters. The van der Waals surface area contributed by atoms with Gasteiger partial charge in [0.1, 0.15) is 12.6 Å². The van der Waals surface area contributed by atoms with Crippen LogP contribution in [0.15, 0.2) is 48.5 Å². The van der Waals surface area contributed by atoms with Crippen molar-refractivity contribution in [1.29, 1.82) is 0 Å². The second-order valence-corrected chi connectivity index (χ2v) is 9.24. The summed E-state index contributed by atoms with van der Waals surface area (Å²) in [5, 5.41) is 21.1. The molecule has 0 saturated heterocycles. The number of amides is 1. The second kappa shape index (κ2) is 13.1. The highest BCUT2D eigenvalue weighted by atomic mass is 16.3. The van der Waals surface area contributed by atoms with Gasteiger partial charge in [0.05, 0.1) is 6.10 Å². The van der Waals surface area contributed by atoms with Gasteiger partial charge in [0.25, 0.3) is 5.91 Å². The molecule has 0 aromatic heterocycles. The number of aryl methyl sites for hydroxylation is 1. The first-order chi connectivity index (χ1) is 16.5. The summed E-state index contributed by atoms with van der Waals surface area (Å²) in [6.45, 7) is 0.646. The van der Waals surface area contributed by atoms with E-state index in [-0.39, 0.29) is 0 Å². The van der Waals surface area contributed by atoms with Gasteiger partial charge < -0.3 is 15.5 Å². The number of carbonyl (C=O) groups excluding carboxylic acids is 2. The first kappa shape index (κ1) is 25.7. The van der Waals surface area contributed by atoms with Crippen molar-refractivity contribution in [2.24, 2.45) is 5.92 Å². The Hall–Kier alpha value is -2.94. The Labute approximate surface area is 202 Å². The normalized spacial score (nSPS) is 15.6. The van der Waals surface area contributed by atoms with Crippen LogP contribution in [0.4, 0.5) is 0 Å². The van der Waals surface area contributed by atoms with Crippen LogP contribution in [-0.4, -0.2) is 40.7 Å². The van der Waals surface area contributed by atoms with Gasteiger partial charge in [0, 0.05) is 16.7 Å². The smallest absolute Gasteiger partial charge is 0.251 e. The van der Waals surface area contributed by atoms with Crippen molar-refractivity contribution in [2.75, 3.05) is 6.61 Å². The molecule has 0 heterocycles. The van der Waals surface area contributed by atoms with E-state index in [1.54, 1.807) is 24.3 Å². The van der Waals surface area contributed by atoms with Gasteiger partial charge in [-0.15, -0.1) is 0 Å². The Balaban J connectivity index is 1.51. The van der Waals surface area contributed by atoms with Gasteiger partial charge in [-0.1, -0.05) is 62.5 Å². The lowest BCUT2D eigenvalue weighted by molar-refractivity contribution is -0.125. The van der Waals surface area contributed by atoms with Crippen LogP contribution in [0, 0.1) is 17.8 Å². The van der Waals surface area contributed by atoms with Gasteiger partial charge in [-0.2, -0.15) is 0 Å². The molecular formula is C29H35NO4. The largest absolute Gasteiger partial charge is 0.391 e. The summed E-state index contributed by atoms with van der Waals surface area (Å²) < 4.78 is 0. The molecule has 3 N–H and O–H groups in total. The standard InChI is InChI=1S/C29H35NO4/c1-21(32)28(27(33)20-31)30-29(34)26-18-16-25(17-19-26)15-14-24-12-10-23(11-13-24)9-5-8-22-6-3-2-4-7-22/h10-13,16-19,21-22,28,31-32H,2-9,20H2,1H3,(H,30,34)/t21-,28+/m1/s1. The fourth-order valence-corrected chi connectivity index (χ4v) is 4.47. The van der Waals surface area contributed by atoms with Crippen molar-refractivity contribution in [3.63, 3.8) is 0 Å². The minimum absolute atomic E-state index is 0.347. The summed E-state index contributed by atoms with van der Waals surface area (Å²) in [7, 11) is 0. The van der Waals surface area contributed by atoms with Gasteiger partial charge in [-0.3, -0.25) is 9.59 Å². The summed E-state index contributed by atoms with van der Waals surface area (Å²) >= 11 is 0. The summed E-state index contributed by atoms with van der Waals surface area (Å²) in [5.74, 6) is 6.07. The van der Waals surface area contributed by atoms with E-state index >= 15 is 0 Å². The lowest BCUT2D eigenvalue weighted by atomic mass is 9.85. The van der Waals surface area contributed by atoms with Gasteiger partial charge >= 0.3 is 0 Å². The summed E-state index contributed by atoms with van der Waals surface area (Å²) in [4.78, 5) is 24.1. The van der Waals surface area contributed by atoms with Crippen LogP contribution < -0.4 is 5.32 Å². The highest BCUT2D eigenvalue weighted by Crippen LogP contribution is 2.27. The molecule has 3 rings (SSSR count). The maximum atomic E-state index is 12.4. The maximum absolute atomic E-state index is 12.4.